The van der Waals surface area contributed by atoms with E-state index in [2.05, 4.69) is 15.9 Å². The fraction of sp³-hybridized carbons (Fsp3) is 0.300. The number of halogens is 2. The van der Waals surface area contributed by atoms with Crippen LogP contribution in [0.4, 0.5) is 4.39 Å². The highest BCUT2D eigenvalue weighted by atomic mass is 79.9. The minimum atomic E-state index is -0.972. The van der Waals surface area contributed by atoms with Gasteiger partial charge in [-0.05, 0) is 25.1 Å². The minimum Gasteiger partial charge on any atom is -0.487 e. The van der Waals surface area contributed by atoms with Crippen LogP contribution in [0.25, 0.3) is 0 Å². The van der Waals surface area contributed by atoms with Crippen molar-refractivity contribution in [2.75, 3.05) is 0 Å². The summed E-state index contributed by atoms with van der Waals surface area (Å²) in [5.74, 6) is -1.42. The van der Waals surface area contributed by atoms with Crippen LogP contribution in [0.15, 0.2) is 22.7 Å². The second-order valence-corrected chi connectivity index (χ2v) is 4.02. The Kier molecular flexibility index (Phi) is 4.08. The fourth-order valence-electron chi connectivity index (χ4n) is 1.08. The van der Waals surface area contributed by atoms with Gasteiger partial charge in [0.1, 0.15) is 6.10 Å². The van der Waals surface area contributed by atoms with E-state index in [4.69, 9.17) is 9.84 Å². The first-order chi connectivity index (χ1) is 6.99. The summed E-state index contributed by atoms with van der Waals surface area (Å²) in [6.45, 7) is 1.58. The minimum absolute atomic E-state index is 0.0620. The first-order valence-corrected chi connectivity index (χ1v) is 5.12. The second-order valence-electron chi connectivity index (χ2n) is 3.10. The maximum Gasteiger partial charge on any atom is 0.307 e. The molecule has 0 aromatic heterocycles. The monoisotopic (exact) mass is 276 g/mol. The van der Waals surface area contributed by atoms with E-state index in [0.717, 1.165) is 0 Å². The van der Waals surface area contributed by atoms with Gasteiger partial charge in [-0.3, -0.25) is 4.79 Å². The van der Waals surface area contributed by atoms with Crippen LogP contribution >= 0.6 is 15.9 Å². The van der Waals surface area contributed by atoms with Gasteiger partial charge in [-0.1, -0.05) is 15.9 Å². The highest BCUT2D eigenvalue weighted by Crippen LogP contribution is 2.22. The number of carboxylic acids is 1. The summed E-state index contributed by atoms with van der Waals surface area (Å²) in [5, 5.41) is 8.49. The topological polar surface area (TPSA) is 46.5 Å². The predicted octanol–water partition coefficient (Wildman–Crippen LogP) is 2.83. The van der Waals surface area contributed by atoms with Gasteiger partial charge < -0.3 is 9.84 Å². The molecule has 0 unspecified atom stereocenters. The molecular formula is C10H10BrFO3. The van der Waals surface area contributed by atoms with Crippen molar-refractivity contribution in [3.8, 4) is 5.75 Å². The smallest absolute Gasteiger partial charge is 0.307 e. The summed E-state index contributed by atoms with van der Waals surface area (Å²) in [6.07, 6.45) is -0.714. The zero-order valence-corrected chi connectivity index (χ0v) is 9.62. The first kappa shape index (κ1) is 12.0. The van der Waals surface area contributed by atoms with Gasteiger partial charge in [-0.2, -0.15) is 0 Å². The largest absolute Gasteiger partial charge is 0.487 e. The zero-order chi connectivity index (χ0) is 11.4. The van der Waals surface area contributed by atoms with Gasteiger partial charge in [0.15, 0.2) is 11.6 Å². The number of carboxylic acid groups (broad SMARTS) is 1. The molecule has 1 atom stereocenters. The Hall–Kier alpha value is -1.10. The molecule has 0 saturated carbocycles. The molecule has 0 spiro atoms. The van der Waals surface area contributed by atoms with Crippen molar-refractivity contribution in [1.82, 2.24) is 0 Å². The van der Waals surface area contributed by atoms with Gasteiger partial charge in [0.05, 0.1) is 6.42 Å². The number of benzene rings is 1. The SMILES string of the molecule is C[C@H](CC(=O)O)Oc1ccc(Br)cc1F. The van der Waals surface area contributed by atoms with Crippen LogP contribution in [0.3, 0.4) is 0 Å². The van der Waals surface area contributed by atoms with E-state index >= 15 is 0 Å². The molecular weight excluding hydrogens is 267 g/mol. The van der Waals surface area contributed by atoms with Crippen LogP contribution in [0.1, 0.15) is 13.3 Å². The third-order valence-electron chi connectivity index (χ3n) is 1.68. The van der Waals surface area contributed by atoms with Crippen LogP contribution in [0.2, 0.25) is 0 Å². The molecule has 0 aliphatic rings. The van der Waals surface area contributed by atoms with Crippen LogP contribution in [0, 0.1) is 5.82 Å². The van der Waals surface area contributed by atoms with E-state index in [1.165, 1.54) is 12.1 Å². The van der Waals surface area contributed by atoms with Crippen molar-refractivity contribution in [3.05, 3.63) is 28.5 Å². The molecule has 0 radical (unpaired) electrons. The summed E-state index contributed by atoms with van der Waals surface area (Å²) in [6, 6.07) is 4.35. The van der Waals surface area contributed by atoms with Crippen LogP contribution < -0.4 is 4.74 Å². The summed E-state index contributed by atoms with van der Waals surface area (Å²) < 4.78 is 19.0. The molecule has 0 heterocycles. The van der Waals surface area contributed by atoms with Crippen molar-refractivity contribution in [2.24, 2.45) is 0 Å². The molecule has 82 valence electrons. The maximum atomic E-state index is 13.2. The van der Waals surface area contributed by atoms with Crippen molar-refractivity contribution >= 4 is 21.9 Å². The molecule has 0 aliphatic carbocycles. The van der Waals surface area contributed by atoms with Crippen LogP contribution in [0.5, 0.6) is 5.75 Å². The lowest BCUT2D eigenvalue weighted by atomic mass is 10.3. The Morgan fingerprint density at radius 2 is 2.33 bits per heavy atom. The molecule has 1 N–H and O–H groups in total. The van der Waals surface area contributed by atoms with E-state index in [-0.39, 0.29) is 12.2 Å². The molecule has 15 heavy (non-hydrogen) atoms. The zero-order valence-electron chi connectivity index (χ0n) is 8.04. The predicted molar refractivity (Wildman–Crippen MR) is 56.4 cm³/mol. The second kappa shape index (κ2) is 5.11. The summed E-state index contributed by atoms with van der Waals surface area (Å²) in [4.78, 5) is 10.4. The average Bonchev–Trinajstić information content (AvgIpc) is 2.08. The molecule has 0 saturated heterocycles. The Balaban J connectivity index is 2.68. The molecule has 0 amide bonds. The Bertz CT molecular complexity index is 368. The molecule has 1 aromatic carbocycles. The number of carbonyl (C=O) groups is 1. The third-order valence-corrected chi connectivity index (χ3v) is 2.18. The van der Waals surface area contributed by atoms with E-state index in [1.807, 2.05) is 0 Å². The van der Waals surface area contributed by atoms with Gasteiger partial charge in [0, 0.05) is 4.47 Å². The van der Waals surface area contributed by atoms with Gasteiger partial charge in [-0.25, -0.2) is 4.39 Å². The van der Waals surface area contributed by atoms with E-state index in [0.29, 0.717) is 4.47 Å². The molecule has 5 heteroatoms. The Labute approximate surface area is 95.0 Å². The molecule has 0 aliphatic heterocycles. The highest BCUT2D eigenvalue weighted by Gasteiger charge is 2.11. The number of aliphatic carboxylic acids is 1. The van der Waals surface area contributed by atoms with Crippen molar-refractivity contribution in [3.63, 3.8) is 0 Å². The van der Waals surface area contributed by atoms with E-state index in [9.17, 15) is 9.18 Å². The van der Waals surface area contributed by atoms with Crippen LogP contribution in [-0.4, -0.2) is 17.2 Å². The Morgan fingerprint density at radius 3 is 2.87 bits per heavy atom. The fourth-order valence-corrected chi connectivity index (χ4v) is 1.41. The molecule has 0 bridgehead atoms. The molecule has 0 fully saturated rings. The molecule has 1 aromatic rings. The number of ether oxygens (including phenoxy) is 1. The normalized spacial score (nSPS) is 12.2. The lowest BCUT2D eigenvalue weighted by Gasteiger charge is -2.13. The van der Waals surface area contributed by atoms with E-state index < -0.39 is 17.9 Å². The molecule has 3 nitrogen and oxygen atoms in total. The standard InChI is InChI=1S/C10H10BrFO3/c1-6(4-10(13)14)15-9-3-2-7(11)5-8(9)12/h2-3,5-6H,4H2,1H3,(H,13,14)/t6-/m1/s1. The number of hydrogen-bond donors (Lipinski definition) is 1. The number of rotatable bonds is 4. The van der Waals surface area contributed by atoms with Gasteiger partial charge >= 0.3 is 5.97 Å². The summed E-state index contributed by atoms with van der Waals surface area (Å²) >= 11 is 3.11. The first-order valence-electron chi connectivity index (χ1n) is 4.32. The average molecular weight is 277 g/mol. The van der Waals surface area contributed by atoms with Crippen molar-refractivity contribution in [1.29, 1.82) is 0 Å². The molecule has 1 rings (SSSR count). The quantitative estimate of drug-likeness (QED) is 0.920. The van der Waals surface area contributed by atoms with Crippen molar-refractivity contribution in [2.45, 2.75) is 19.4 Å². The van der Waals surface area contributed by atoms with Crippen LogP contribution in [-0.2, 0) is 4.79 Å². The van der Waals surface area contributed by atoms with Gasteiger partial charge in [-0.15, -0.1) is 0 Å². The van der Waals surface area contributed by atoms with Crippen molar-refractivity contribution < 1.29 is 19.0 Å². The lowest BCUT2D eigenvalue weighted by molar-refractivity contribution is -0.138. The van der Waals surface area contributed by atoms with E-state index in [1.54, 1.807) is 13.0 Å². The lowest BCUT2D eigenvalue weighted by Crippen LogP contribution is -2.17. The Morgan fingerprint density at radius 1 is 1.67 bits per heavy atom. The van der Waals surface area contributed by atoms with Gasteiger partial charge in [0.25, 0.3) is 0 Å². The highest BCUT2D eigenvalue weighted by molar-refractivity contribution is 9.10. The van der Waals surface area contributed by atoms with Gasteiger partial charge in [0.2, 0.25) is 0 Å². The third kappa shape index (κ3) is 3.87. The summed E-state index contributed by atoms with van der Waals surface area (Å²) in [7, 11) is 0. The number of hydrogen-bond acceptors (Lipinski definition) is 2. The maximum absolute atomic E-state index is 13.2. The summed E-state index contributed by atoms with van der Waals surface area (Å²) in [5.41, 5.74) is 0.